The normalized spacial score (nSPS) is 25.8. The van der Waals surface area contributed by atoms with E-state index in [0.717, 1.165) is 38.3 Å². The van der Waals surface area contributed by atoms with Gasteiger partial charge in [0.15, 0.2) is 0 Å². The summed E-state index contributed by atoms with van der Waals surface area (Å²) >= 11 is 0. The molecule has 1 aliphatic heterocycles. The van der Waals surface area contributed by atoms with Gasteiger partial charge in [-0.1, -0.05) is 38.0 Å². The Kier molecular flexibility index (Phi) is 4.62. The van der Waals surface area contributed by atoms with Crippen molar-refractivity contribution >= 4 is 11.5 Å². The van der Waals surface area contributed by atoms with Crippen molar-refractivity contribution in [2.75, 3.05) is 18.0 Å². The Morgan fingerprint density at radius 3 is 2.95 bits per heavy atom. The number of nitrogens with zero attached hydrogens (tertiary/aromatic N) is 1. The van der Waals surface area contributed by atoms with Crippen LogP contribution >= 0.6 is 0 Å². The van der Waals surface area contributed by atoms with Crippen LogP contribution in [0.15, 0.2) is 24.3 Å². The van der Waals surface area contributed by atoms with E-state index in [4.69, 9.17) is 0 Å². The standard InChI is InChI=1S/C19H27NO/c1-2-6-15-10-11-19(21)17(13-15)14-20-12-5-8-16-7-3-4-9-18(16)20/h3-4,7,9,15,17H,2,5-6,8,10-14H2,1H3. The Labute approximate surface area is 128 Å². The lowest BCUT2D eigenvalue weighted by Gasteiger charge is -2.36. The van der Waals surface area contributed by atoms with E-state index in [2.05, 4.69) is 36.1 Å². The van der Waals surface area contributed by atoms with Gasteiger partial charge in [-0.25, -0.2) is 0 Å². The topological polar surface area (TPSA) is 20.3 Å². The first-order valence-electron chi connectivity index (χ1n) is 8.63. The molecule has 1 aromatic carbocycles. The average molecular weight is 285 g/mol. The van der Waals surface area contributed by atoms with E-state index < -0.39 is 0 Å². The molecule has 0 bridgehead atoms. The molecule has 3 rings (SSSR count). The first-order valence-corrected chi connectivity index (χ1v) is 8.63. The third kappa shape index (κ3) is 3.30. The number of benzene rings is 1. The van der Waals surface area contributed by atoms with Gasteiger partial charge in [0.05, 0.1) is 0 Å². The highest BCUT2D eigenvalue weighted by atomic mass is 16.1. The second kappa shape index (κ2) is 6.64. The summed E-state index contributed by atoms with van der Waals surface area (Å²) in [4.78, 5) is 14.8. The van der Waals surface area contributed by atoms with Gasteiger partial charge < -0.3 is 4.90 Å². The monoisotopic (exact) mass is 285 g/mol. The van der Waals surface area contributed by atoms with Gasteiger partial charge >= 0.3 is 0 Å². The van der Waals surface area contributed by atoms with Gasteiger partial charge in [-0.15, -0.1) is 0 Å². The molecule has 1 saturated carbocycles. The largest absolute Gasteiger partial charge is 0.371 e. The Morgan fingerprint density at radius 2 is 2.10 bits per heavy atom. The summed E-state index contributed by atoms with van der Waals surface area (Å²) < 4.78 is 0. The number of carbonyl (C=O) groups is 1. The third-order valence-corrected chi connectivity index (χ3v) is 5.22. The number of anilines is 1. The van der Waals surface area contributed by atoms with E-state index in [9.17, 15) is 4.79 Å². The Balaban J connectivity index is 1.70. The molecular weight excluding hydrogens is 258 g/mol. The van der Waals surface area contributed by atoms with Gasteiger partial charge in [0.25, 0.3) is 0 Å². The zero-order valence-corrected chi connectivity index (χ0v) is 13.2. The minimum Gasteiger partial charge on any atom is -0.371 e. The van der Waals surface area contributed by atoms with Crippen molar-refractivity contribution in [3.63, 3.8) is 0 Å². The van der Waals surface area contributed by atoms with Gasteiger partial charge in [0, 0.05) is 31.1 Å². The van der Waals surface area contributed by atoms with E-state index >= 15 is 0 Å². The minimum absolute atomic E-state index is 0.265. The maximum absolute atomic E-state index is 12.3. The Bertz CT molecular complexity index is 496. The molecule has 114 valence electrons. The molecule has 2 nitrogen and oxygen atoms in total. The molecule has 0 spiro atoms. The number of carbonyl (C=O) groups excluding carboxylic acids is 1. The summed E-state index contributed by atoms with van der Waals surface area (Å²) in [5, 5.41) is 0. The zero-order chi connectivity index (χ0) is 14.7. The van der Waals surface area contributed by atoms with E-state index in [0.29, 0.717) is 5.78 Å². The van der Waals surface area contributed by atoms with Gasteiger partial charge in [0.2, 0.25) is 0 Å². The number of rotatable bonds is 4. The van der Waals surface area contributed by atoms with Crippen molar-refractivity contribution in [1.29, 1.82) is 0 Å². The average Bonchev–Trinajstić information content (AvgIpc) is 2.51. The molecule has 0 saturated heterocycles. The second-order valence-electron chi connectivity index (χ2n) is 6.77. The molecule has 2 atom stereocenters. The van der Waals surface area contributed by atoms with E-state index in [1.165, 1.54) is 36.9 Å². The number of aryl methyl sites for hydroxylation is 1. The maximum Gasteiger partial charge on any atom is 0.137 e. The Morgan fingerprint density at radius 1 is 1.24 bits per heavy atom. The highest BCUT2D eigenvalue weighted by molar-refractivity contribution is 5.82. The van der Waals surface area contributed by atoms with Gasteiger partial charge in [-0.3, -0.25) is 4.79 Å². The number of hydrogen-bond acceptors (Lipinski definition) is 2. The number of para-hydroxylation sites is 1. The molecule has 2 unspecified atom stereocenters. The van der Waals surface area contributed by atoms with Crippen LogP contribution in [-0.2, 0) is 11.2 Å². The van der Waals surface area contributed by atoms with Crippen LogP contribution in [0.4, 0.5) is 5.69 Å². The highest BCUT2D eigenvalue weighted by Crippen LogP contribution is 2.33. The van der Waals surface area contributed by atoms with Crippen LogP contribution < -0.4 is 4.90 Å². The second-order valence-corrected chi connectivity index (χ2v) is 6.77. The lowest BCUT2D eigenvalue weighted by atomic mass is 9.78. The summed E-state index contributed by atoms with van der Waals surface area (Å²) in [6.45, 7) is 4.31. The molecule has 2 aliphatic rings. The molecule has 1 fully saturated rings. The number of hydrogen-bond donors (Lipinski definition) is 0. The molecule has 0 radical (unpaired) electrons. The lowest BCUT2D eigenvalue weighted by molar-refractivity contribution is -0.125. The van der Waals surface area contributed by atoms with Crippen LogP contribution in [0.25, 0.3) is 0 Å². The highest BCUT2D eigenvalue weighted by Gasteiger charge is 2.30. The van der Waals surface area contributed by atoms with Crippen molar-refractivity contribution in [2.24, 2.45) is 11.8 Å². The van der Waals surface area contributed by atoms with Gasteiger partial charge in [0.1, 0.15) is 5.78 Å². The van der Waals surface area contributed by atoms with Crippen molar-refractivity contribution in [3.05, 3.63) is 29.8 Å². The molecule has 21 heavy (non-hydrogen) atoms. The first kappa shape index (κ1) is 14.6. The SMILES string of the molecule is CCCC1CCC(=O)C(CN2CCCc3ccccc32)C1. The number of Topliss-reactive ketones (excluding diaryl/α,β-unsaturated/α-hetero) is 1. The fourth-order valence-corrected chi connectivity index (χ4v) is 4.12. The molecule has 2 heteroatoms. The predicted molar refractivity (Wildman–Crippen MR) is 87.7 cm³/mol. The third-order valence-electron chi connectivity index (χ3n) is 5.22. The smallest absolute Gasteiger partial charge is 0.137 e. The molecule has 0 N–H and O–H groups in total. The molecule has 0 amide bonds. The van der Waals surface area contributed by atoms with Crippen molar-refractivity contribution < 1.29 is 4.79 Å². The van der Waals surface area contributed by atoms with Crippen LogP contribution in [0.3, 0.4) is 0 Å². The number of ketones is 1. The summed E-state index contributed by atoms with van der Waals surface area (Å²) in [7, 11) is 0. The minimum atomic E-state index is 0.265. The predicted octanol–water partition coefficient (Wildman–Crippen LogP) is 4.22. The first-order chi connectivity index (χ1) is 10.3. The lowest BCUT2D eigenvalue weighted by Crippen LogP contribution is -2.39. The van der Waals surface area contributed by atoms with Crippen LogP contribution in [0.5, 0.6) is 0 Å². The Hall–Kier alpha value is -1.31. The molecule has 1 aliphatic carbocycles. The van der Waals surface area contributed by atoms with Crippen LogP contribution in [-0.4, -0.2) is 18.9 Å². The summed E-state index contributed by atoms with van der Waals surface area (Å²) in [6.07, 6.45) is 7.99. The maximum atomic E-state index is 12.3. The van der Waals surface area contributed by atoms with Gasteiger partial charge in [-0.2, -0.15) is 0 Å². The fraction of sp³-hybridized carbons (Fsp3) is 0.632. The van der Waals surface area contributed by atoms with E-state index in [-0.39, 0.29) is 5.92 Å². The summed E-state index contributed by atoms with van der Waals surface area (Å²) in [6, 6.07) is 8.72. The zero-order valence-electron chi connectivity index (χ0n) is 13.2. The molecule has 1 heterocycles. The van der Waals surface area contributed by atoms with E-state index in [1.54, 1.807) is 0 Å². The fourth-order valence-electron chi connectivity index (χ4n) is 4.12. The van der Waals surface area contributed by atoms with Crippen molar-refractivity contribution in [3.8, 4) is 0 Å². The van der Waals surface area contributed by atoms with Crippen LogP contribution in [0.1, 0.15) is 51.0 Å². The summed E-state index contributed by atoms with van der Waals surface area (Å²) in [5.74, 6) is 1.55. The van der Waals surface area contributed by atoms with Gasteiger partial charge in [-0.05, 0) is 43.2 Å². The van der Waals surface area contributed by atoms with Crippen molar-refractivity contribution in [2.45, 2.75) is 51.9 Å². The molecular formula is C19H27NO. The van der Waals surface area contributed by atoms with E-state index in [1.807, 2.05) is 0 Å². The van der Waals surface area contributed by atoms with Crippen LogP contribution in [0, 0.1) is 11.8 Å². The quantitative estimate of drug-likeness (QED) is 0.825. The van der Waals surface area contributed by atoms with Crippen LogP contribution in [0.2, 0.25) is 0 Å². The molecule has 1 aromatic rings. The number of fused-ring (bicyclic) bond motifs is 1. The summed E-state index contributed by atoms with van der Waals surface area (Å²) in [5.41, 5.74) is 2.83. The molecule has 0 aromatic heterocycles. The van der Waals surface area contributed by atoms with Crippen molar-refractivity contribution in [1.82, 2.24) is 0 Å².